The highest BCUT2D eigenvalue weighted by Crippen LogP contribution is 2.27. The van der Waals surface area contributed by atoms with E-state index in [2.05, 4.69) is 27.5 Å². The summed E-state index contributed by atoms with van der Waals surface area (Å²) in [7, 11) is 3.23. The highest BCUT2D eigenvalue weighted by Gasteiger charge is 2.05. The van der Waals surface area contributed by atoms with Crippen LogP contribution >= 0.6 is 0 Å². The first-order chi connectivity index (χ1) is 13.7. The average Bonchev–Trinajstić information content (AvgIpc) is 3.23. The van der Waals surface area contributed by atoms with Crippen molar-refractivity contribution in [1.29, 1.82) is 0 Å². The van der Waals surface area contributed by atoms with Crippen LogP contribution in [0.5, 0.6) is 11.5 Å². The molecule has 3 aromatic rings. The van der Waals surface area contributed by atoms with Gasteiger partial charge in [0.25, 0.3) is 0 Å². The summed E-state index contributed by atoms with van der Waals surface area (Å²) in [6.07, 6.45) is 3.72. The third kappa shape index (κ3) is 5.26. The molecule has 0 saturated carbocycles. The summed E-state index contributed by atoms with van der Waals surface area (Å²) in [5.41, 5.74) is 9.31. The summed E-state index contributed by atoms with van der Waals surface area (Å²) >= 11 is 0. The first-order valence-electron chi connectivity index (χ1n) is 8.98. The minimum Gasteiger partial charge on any atom is -0.493 e. The van der Waals surface area contributed by atoms with Gasteiger partial charge in [-0.2, -0.15) is 5.10 Å². The molecule has 0 radical (unpaired) electrons. The molecule has 0 bridgehead atoms. The second-order valence-corrected chi connectivity index (χ2v) is 6.27. The van der Waals surface area contributed by atoms with Crippen molar-refractivity contribution in [3.05, 3.63) is 77.6 Å². The smallest absolute Gasteiger partial charge is 0.189 e. The van der Waals surface area contributed by atoms with Crippen molar-refractivity contribution in [2.24, 2.45) is 10.7 Å². The number of aliphatic imine (C=N–C) groups is 1. The van der Waals surface area contributed by atoms with Crippen LogP contribution in [0.2, 0.25) is 0 Å². The number of rotatable bonds is 8. The van der Waals surface area contributed by atoms with Crippen LogP contribution in [-0.4, -0.2) is 30.0 Å². The van der Waals surface area contributed by atoms with E-state index in [4.69, 9.17) is 15.2 Å². The van der Waals surface area contributed by atoms with Crippen molar-refractivity contribution in [2.75, 3.05) is 14.2 Å². The summed E-state index contributed by atoms with van der Waals surface area (Å²) in [6, 6.07) is 15.9. The Morgan fingerprint density at radius 2 is 1.86 bits per heavy atom. The maximum absolute atomic E-state index is 6.01. The van der Waals surface area contributed by atoms with Gasteiger partial charge in [-0.05, 0) is 34.9 Å². The lowest BCUT2D eigenvalue weighted by atomic mass is 10.1. The summed E-state index contributed by atoms with van der Waals surface area (Å²) < 4.78 is 12.5. The minimum atomic E-state index is 0.396. The minimum absolute atomic E-state index is 0.396. The topological polar surface area (TPSA) is 86.7 Å². The van der Waals surface area contributed by atoms with Gasteiger partial charge >= 0.3 is 0 Å². The maximum Gasteiger partial charge on any atom is 0.189 e. The van der Waals surface area contributed by atoms with Gasteiger partial charge in [0, 0.05) is 18.9 Å². The highest BCUT2D eigenvalue weighted by atomic mass is 16.5. The van der Waals surface area contributed by atoms with Crippen LogP contribution < -0.4 is 20.5 Å². The van der Waals surface area contributed by atoms with Crippen LogP contribution in [0.25, 0.3) is 0 Å². The summed E-state index contributed by atoms with van der Waals surface area (Å²) in [4.78, 5) is 4.43. The zero-order valence-corrected chi connectivity index (χ0v) is 16.1. The van der Waals surface area contributed by atoms with Crippen LogP contribution in [0.3, 0.4) is 0 Å². The van der Waals surface area contributed by atoms with Crippen molar-refractivity contribution in [3.8, 4) is 11.5 Å². The third-order valence-corrected chi connectivity index (χ3v) is 4.25. The molecule has 1 aromatic heterocycles. The number of guanidine groups is 1. The van der Waals surface area contributed by atoms with Crippen LogP contribution in [-0.2, 0) is 19.6 Å². The van der Waals surface area contributed by atoms with Crippen molar-refractivity contribution in [3.63, 3.8) is 0 Å². The number of aromatic nitrogens is 2. The monoisotopic (exact) mass is 379 g/mol. The second kappa shape index (κ2) is 9.45. The predicted molar refractivity (Wildman–Crippen MR) is 109 cm³/mol. The Balaban J connectivity index is 1.56. The molecule has 0 amide bonds. The Morgan fingerprint density at radius 3 is 2.61 bits per heavy atom. The van der Waals surface area contributed by atoms with Gasteiger partial charge in [-0.15, -0.1) is 0 Å². The van der Waals surface area contributed by atoms with Gasteiger partial charge < -0.3 is 20.5 Å². The van der Waals surface area contributed by atoms with Gasteiger partial charge in [0.15, 0.2) is 17.5 Å². The van der Waals surface area contributed by atoms with Crippen LogP contribution in [0.1, 0.15) is 16.7 Å². The molecule has 3 rings (SSSR count). The lowest BCUT2D eigenvalue weighted by Crippen LogP contribution is -2.31. The fourth-order valence-electron chi connectivity index (χ4n) is 2.82. The fraction of sp³-hybridized carbons (Fsp3) is 0.238. The number of nitrogens with two attached hydrogens (primary N) is 1. The molecule has 0 atom stereocenters. The van der Waals surface area contributed by atoms with E-state index < -0.39 is 0 Å². The molecule has 0 aliphatic heterocycles. The number of methoxy groups -OCH3 is 2. The predicted octanol–water partition coefficient (Wildman–Crippen LogP) is 2.55. The molecule has 2 aromatic carbocycles. The van der Waals surface area contributed by atoms with Crippen molar-refractivity contribution < 1.29 is 9.47 Å². The number of hydrogen-bond acceptors (Lipinski definition) is 4. The Hall–Kier alpha value is -3.48. The van der Waals surface area contributed by atoms with E-state index in [1.165, 1.54) is 5.56 Å². The van der Waals surface area contributed by atoms with Crippen LogP contribution in [0.4, 0.5) is 0 Å². The van der Waals surface area contributed by atoms with E-state index in [1.807, 2.05) is 47.3 Å². The van der Waals surface area contributed by atoms with E-state index in [-0.39, 0.29) is 0 Å². The van der Waals surface area contributed by atoms with Crippen molar-refractivity contribution >= 4 is 5.96 Å². The highest BCUT2D eigenvalue weighted by molar-refractivity contribution is 5.77. The Labute approximate surface area is 164 Å². The molecule has 146 valence electrons. The third-order valence-electron chi connectivity index (χ3n) is 4.25. The number of ether oxygens (including phenoxy) is 2. The molecule has 7 nitrogen and oxygen atoms in total. The fourth-order valence-corrected chi connectivity index (χ4v) is 2.82. The standard InChI is InChI=1S/C21H25N5O2/c1-27-19-8-7-17(12-20(19)28-2)14-24-21(22)23-13-16-5-3-6-18(11-16)15-26-10-4-9-25-26/h3-12H,13-15H2,1-2H3,(H3,22,23,24). The summed E-state index contributed by atoms with van der Waals surface area (Å²) in [6.45, 7) is 1.80. The van der Waals surface area contributed by atoms with Gasteiger partial charge in [-0.25, -0.2) is 4.99 Å². The molecule has 3 N–H and O–H groups in total. The van der Waals surface area contributed by atoms with Gasteiger partial charge in [0.05, 0.1) is 27.3 Å². The molecule has 1 heterocycles. The van der Waals surface area contributed by atoms with Gasteiger partial charge in [0.2, 0.25) is 0 Å². The first kappa shape index (κ1) is 19.3. The van der Waals surface area contributed by atoms with Crippen LogP contribution in [0, 0.1) is 0 Å². The largest absolute Gasteiger partial charge is 0.493 e. The molecule has 7 heteroatoms. The van der Waals surface area contributed by atoms with Crippen molar-refractivity contribution in [2.45, 2.75) is 19.6 Å². The Morgan fingerprint density at radius 1 is 1.04 bits per heavy atom. The number of nitrogens with zero attached hydrogens (tertiary/aromatic N) is 3. The average molecular weight is 379 g/mol. The molecule has 0 unspecified atom stereocenters. The molecule has 0 saturated heterocycles. The summed E-state index contributed by atoms with van der Waals surface area (Å²) in [5, 5.41) is 7.36. The molecule has 0 fully saturated rings. The molecule has 28 heavy (non-hydrogen) atoms. The van der Waals surface area contributed by atoms with Crippen LogP contribution in [0.15, 0.2) is 65.9 Å². The quantitative estimate of drug-likeness (QED) is 0.464. The Bertz CT molecular complexity index is 922. The van der Waals surface area contributed by atoms with Gasteiger partial charge in [0.1, 0.15) is 0 Å². The second-order valence-electron chi connectivity index (χ2n) is 6.27. The zero-order valence-electron chi connectivity index (χ0n) is 16.1. The molecule has 0 spiro atoms. The lowest BCUT2D eigenvalue weighted by Gasteiger charge is -2.11. The van der Waals surface area contributed by atoms with E-state index >= 15 is 0 Å². The molecule has 0 aliphatic rings. The van der Waals surface area contributed by atoms with E-state index in [0.717, 1.165) is 17.7 Å². The zero-order chi connectivity index (χ0) is 19.8. The normalized spacial score (nSPS) is 11.3. The van der Waals surface area contributed by atoms with E-state index in [9.17, 15) is 0 Å². The Kier molecular flexibility index (Phi) is 6.51. The summed E-state index contributed by atoms with van der Waals surface area (Å²) in [5.74, 6) is 1.78. The lowest BCUT2D eigenvalue weighted by molar-refractivity contribution is 0.354. The number of hydrogen-bond donors (Lipinski definition) is 2. The van der Waals surface area contributed by atoms with Gasteiger partial charge in [-0.3, -0.25) is 4.68 Å². The van der Waals surface area contributed by atoms with E-state index in [0.29, 0.717) is 30.5 Å². The maximum atomic E-state index is 6.01. The molecular formula is C21H25N5O2. The van der Waals surface area contributed by atoms with E-state index in [1.54, 1.807) is 20.4 Å². The first-order valence-corrected chi connectivity index (χ1v) is 8.98. The van der Waals surface area contributed by atoms with Crippen molar-refractivity contribution in [1.82, 2.24) is 15.1 Å². The SMILES string of the molecule is COc1ccc(CNC(N)=NCc2cccc(Cn3cccn3)c2)cc1OC. The van der Waals surface area contributed by atoms with Gasteiger partial charge in [-0.1, -0.05) is 30.3 Å². The number of nitrogens with one attached hydrogen (secondary N) is 1. The molecular weight excluding hydrogens is 354 g/mol. The number of benzene rings is 2. The molecule has 0 aliphatic carbocycles.